The van der Waals surface area contributed by atoms with Crippen molar-refractivity contribution in [2.75, 3.05) is 36.9 Å². The number of morpholine rings is 1. The minimum Gasteiger partial charge on any atom is -0.436 e. The molecule has 3 aromatic carbocycles. The predicted molar refractivity (Wildman–Crippen MR) is 112 cm³/mol. The third kappa shape index (κ3) is 3.10. The molecule has 0 atom stereocenters. The van der Waals surface area contributed by atoms with Gasteiger partial charge < -0.3 is 19.8 Å². The van der Waals surface area contributed by atoms with Gasteiger partial charge in [-0.15, -0.1) is 0 Å². The van der Waals surface area contributed by atoms with E-state index in [1.165, 1.54) is 0 Å². The summed E-state index contributed by atoms with van der Waals surface area (Å²) in [4.78, 5) is 6.95. The summed E-state index contributed by atoms with van der Waals surface area (Å²) in [6.07, 6.45) is 0. The number of benzene rings is 3. The van der Waals surface area contributed by atoms with E-state index in [1.54, 1.807) is 0 Å². The van der Waals surface area contributed by atoms with Crippen molar-refractivity contribution in [1.29, 1.82) is 0 Å². The first-order chi connectivity index (χ1) is 13.8. The van der Waals surface area contributed by atoms with Crippen molar-refractivity contribution in [3.8, 4) is 22.6 Å². The Balaban J connectivity index is 1.48. The van der Waals surface area contributed by atoms with E-state index >= 15 is 0 Å². The second kappa shape index (κ2) is 7.02. The van der Waals surface area contributed by atoms with Crippen molar-refractivity contribution < 1.29 is 9.15 Å². The monoisotopic (exact) mass is 371 g/mol. The number of anilines is 2. The number of rotatable bonds is 3. The van der Waals surface area contributed by atoms with Crippen molar-refractivity contribution in [2.24, 2.45) is 0 Å². The lowest BCUT2D eigenvalue weighted by molar-refractivity contribution is 0.123. The van der Waals surface area contributed by atoms with E-state index in [-0.39, 0.29) is 0 Å². The number of hydrogen-bond donors (Lipinski definition) is 1. The zero-order chi connectivity index (χ0) is 18.9. The van der Waals surface area contributed by atoms with Crippen molar-refractivity contribution in [2.45, 2.75) is 0 Å². The van der Waals surface area contributed by atoms with Crippen LogP contribution < -0.4 is 10.6 Å². The molecule has 1 fully saturated rings. The Morgan fingerprint density at radius 2 is 1.61 bits per heavy atom. The number of fused-ring (bicyclic) bond motifs is 1. The number of ether oxygens (including phenoxy) is 1. The second-order valence-corrected chi connectivity index (χ2v) is 6.94. The van der Waals surface area contributed by atoms with E-state index in [0.717, 1.165) is 65.5 Å². The molecule has 1 aliphatic rings. The highest BCUT2D eigenvalue weighted by atomic mass is 16.5. The first-order valence-electron chi connectivity index (χ1n) is 9.46. The Labute approximate surface area is 163 Å². The molecule has 1 aliphatic heterocycles. The first kappa shape index (κ1) is 16.8. The molecule has 28 heavy (non-hydrogen) atoms. The van der Waals surface area contributed by atoms with Gasteiger partial charge in [0.15, 0.2) is 5.58 Å². The number of nitrogens with two attached hydrogens (primary N) is 1. The van der Waals surface area contributed by atoms with Crippen molar-refractivity contribution in [3.63, 3.8) is 0 Å². The molecular formula is C23H21N3O2. The molecule has 2 N–H and O–H groups in total. The molecule has 0 aliphatic carbocycles. The molecular weight excluding hydrogens is 350 g/mol. The lowest BCUT2D eigenvalue weighted by atomic mass is 10.1. The number of nitrogens with zero attached hydrogens (tertiary/aromatic N) is 2. The minimum atomic E-state index is 0.584. The largest absolute Gasteiger partial charge is 0.436 e. The van der Waals surface area contributed by atoms with Gasteiger partial charge >= 0.3 is 0 Å². The van der Waals surface area contributed by atoms with Gasteiger partial charge in [0.1, 0.15) is 5.52 Å². The smallest absolute Gasteiger partial charge is 0.227 e. The molecule has 2 heterocycles. The van der Waals surface area contributed by atoms with Crippen LogP contribution in [0.15, 0.2) is 71.1 Å². The van der Waals surface area contributed by atoms with Crippen LogP contribution in [0.3, 0.4) is 0 Å². The predicted octanol–water partition coefficient (Wildman–Crippen LogP) is 4.58. The van der Waals surface area contributed by atoms with E-state index in [2.05, 4.69) is 29.2 Å². The molecule has 5 rings (SSSR count). The fraction of sp³-hybridized carbons (Fsp3) is 0.174. The molecule has 5 nitrogen and oxygen atoms in total. The number of nitrogen functional groups attached to an aromatic ring is 1. The van der Waals surface area contributed by atoms with Crippen LogP contribution in [0.25, 0.3) is 33.7 Å². The van der Waals surface area contributed by atoms with Crippen LogP contribution in [0, 0.1) is 0 Å². The fourth-order valence-electron chi connectivity index (χ4n) is 3.64. The highest BCUT2D eigenvalue weighted by Crippen LogP contribution is 2.32. The Kier molecular flexibility index (Phi) is 4.22. The second-order valence-electron chi connectivity index (χ2n) is 6.94. The van der Waals surface area contributed by atoms with Crippen LogP contribution in [-0.2, 0) is 4.74 Å². The Morgan fingerprint density at radius 3 is 2.39 bits per heavy atom. The molecule has 0 amide bonds. The maximum Gasteiger partial charge on any atom is 0.227 e. The standard InChI is InChI=1S/C23H21N3O2/c24-19-14-18(6-8-21(19)26-10-12-27-13-11-26)23-25-20-15-17(7-9-22(20)28-23)16-4-2-1-3-5-16/h1-9,14-15H,10-13,24H2. The summed E-state index contributed by atoms with van der Waals surface area (Å²) >= 11 is 0. The molecule has 4 aromatic rings. The van der Waals surface area contributed by atoms with Gasteiger partial charge in [0.25, 0.3) is 0 Å². The molecule has 1 saturated heterocycles. The average Bonchev–Trinajstić information content (AvgIpc) is 3.18. The maximum absolute atomic E-state index is 6.33. The Morgan fingerprint density at radius 1 is 0.821 bits per heavy atom. The van der Waals surface area contributed by atoms with Gasteiger partial charge in [-0.1, -0.05) is 36.4 Å². The molecule has 0 radical (unpaired) electrons. The normalized spacial score (nSPS) is 14.5. The van der Waals surface area contributed by atoms with Gasteiger partial charge in [-0.3, -0.25) is 0 Å². The van der Waals surface area contributed by atoms with Gasteiger partial charge in [-0.05, 0) is 41.5 Å². The lowest BCUT2D eigenvalue weighted by Crippen LogP contribution is -2.36. The highest BCUT2D eigenvalue weighted by molar-refractivity contribution is 5.83. The zero-order valence-electron chi connectivity index (χ0n) is 15.5. The van der Waals surface area contributed by atoms with Gasteiger partial charge in [0, 0.05) is 18.7 Å². The number of hydrogen-bond acceptors (Lipinski definition) is 5. The fourth-order valence-corrected chi connectivity index (χ4v) is 3.64. The Hall–Kier alpha value is -3.31. The van der Waals surface area contributed by atoms with Crippen LogP contribution in [0.5, 0.6) is 0 Å². The summed E-state index contributed by atoms with van der Waals surface area (Å²) in [5.41, 5.74) is 12.9. The van der Waals surface area contributed by atoms with Gasteiger partial charge in [-0.2, -0.15) is 0 Å². The van der Waals surface area contributed by atoms with Crippen LogP contribution in [0.2, 0.25) is 0 Å². The summed E-state index contributed by atoms with van der Waals surface area (Å²) in [7, 11) is 0. The van der Waals surface area contributed by atoms with Crippen LogP contribution in [-0.4, -0.2) is 31.3 Å². The minimum absolute atomic E-state index is 0.584. The SMILES string of the molecule is Nc1cc(-c2nc3cc(-c4ccccc4)ccc3o2)ccc1N1CCOCC1. The molecule has 0 saturated carbocycles. The summed E-state index contributed by atoms with van der Waals surface area (Å²) < 4.78 is 11.4. The third-order valence-electron chi connectivity index (χ3n) is 5.12. The number of oxazole rings is 1. The van der Waals surface area contributed by atoms with Crippen molar-refractivity contribution in [3.05, 3.63) is 66.7 Å². The van der Waals surface area contributed by atoms with E-state index in [9.17, 15) is 0 Å². The van der Waals surface area contributed by atoms with Crippen LogP contribution >= 0.6 is 0 Å². The van der Waals surface area contributed by atoms with E-state index in [1.807, 2.05) is 42.5 Å². The van der Waals surface area contributed by atoms with E-state index in [0.29, 0.717) is 5.89 Å². The molecule has 5 heteroatoms. The van der Waals surface area contributed by atoms with Gasteiger partial charge in [-0.25, -0.2) is 4.98 Å². The lowest BCUT2D eigenvalue weighted by Gasteiger charge is -2.29. The van der Waals surface area contributed by atoms with Crippen molar-refractivity contribution in [1.82, 2.24) is 4.98 Å². The van der Waals surface area contributed by atoms with Gasteiger partial charge in [0.05, 0.1) is 24.6 Å². The van der Waals surface area contributed by atoms with Gasteiger partial charge in [0.2, 0.25) is 5.89 Å². The quantitative estimate of drug-likeness (QED) is 0.534. The number of aromatic nitrogens is 1. The zero-order valence-corrected chi connectivity index (χ0v) is 15.5. The van der Waals surface area contributed by atoms with E-state index in [4.69, 9.17) is 19.9 Å². The maximum atomic E-state index is 6.33. The molecule has 0 spiro atoms. The van der Waals surface area contributed by atoms with E-state index < -0.39 is 0 Å². The summed E-state index contributed by atoms with van der Waals surface area (Å²) in [6.45, 7) is 3.18. The topological polar surface area (TPSA) is 64.5 Å². The first-order valence-corrected chi connectivity index (χ1v) is 9.46. The van der Waals surface area contributed by atoms with Crippen LogP contribution in [0.4, 0.5) is 11.4 Å². The highest BCUT2D eigenvalue weighted by Gasteiger charge is 2.16. The summed E-state index contributed by atoms with van der Waals surface area (Å²) in [5, 5.41) is 0. The molecule has 0 bridgehead atoms. The molecule has 1 aromatic heterocycles. The summed E-state index contributed by atoms with van der Waals surface area (Å²) in [6, 6.07) is 22.4. The molecule has 140 valence electrons. The van der Waals surface area contributed by atoms with Crippen molar-refractivity contribution >= 4 is 22.5 Å². The summed E-state index contributed by atoms with van der Waals surface area (Å²) in [5.74, 6) is 0.584. The average molecular weight is 371 g/mol. The third-order valence-corrected chi connectivity index (χ3v) is 5.12. The molecule has 0 unspecified atom stereocenters. The Bertz CT molecular complexity index is 1120. The van der Waals surface area contributed by atoms with Crippen LogP contribution in [0.1, 0.15) is 0 Å².